The quantitative estimate of drug-likeness (QED) is 0.174. The summed E-state index contributed by atoms with van der Waals surface area (Å²) in [6, 6.07) is 7.33. The molecule has 2 aromatic carbocycles. The molecule has 0 saturated heterocycles. The average Bonchev–Trinajstić information content (AvgIpc) is 2.56. The number of benzene rings is 2. The van der Waals surface area contributed by atoms with Crippen molar-refractivity contribution < 1.29 is 19.4 Å². The molecule has 0 spiro atoms. The number of rotatable bonds is 4. The molecule has 0 aliphatic rings. The van der Waals surface area contributed by atoms with Gasteiger partial charge in [0.05, 0.1) is 11.1 Å². The first kappa shape index (κ1) is 20.1. The highest BCUT2D eigenvalue weighted by Crippen LogP contribution is 2.43. The van der Waals surface area contributed by atoms with Crippen LogP contribution in [0.15, 0.2) is 48.2 Å². The number of hydrogen-bond acceptors (Lipinski definition) is 3. The zero-order valence-corrected chi connectivity index (χ0v) is 19.5. The fourth-order valence-electron chi connectivity index (χ4n) is 1.73. The van der Waals surface area contributed by atoms with Crippen LogP contribution < -0.4 is 0 Å². The Balaban J connectivity index is 2.22. The van der Waals surface area contributed by atoms with Crippen molar-refractivity contribution in [1.29, 1.82) is 0 Å². The standard InChI is InChI=1S/C15H7Br5O4/c16-9-5-8(10(17)12(19)11(9)18)13(20)24-15(23)7-3-1-6(2-4-7)14(21)22/h1-5,13H,(H,21,22). The summed E-state index contributed by atoms with van der Waals surface area (Å²) in [6.07, 6.45) is 0. The molecule has 9 heteroatoms. The number of carboxylic acids is 1. The van der Waals surface area contributed by atoms with Crippen LogP contribution in [0.5, 0.6) is 0 Å². The van der Waals surface area contributed by atoms with Gasteiger partial charge in [-0.15, -0.1) is 0 Å². The average molecular weight is 651 g/mol. The summed E-state index contributed by atoms with van der Waals surface area (Å²) in [6.45, 7) is 0. The van der Waals surface area contributed by atoms with Crippen molar-refractivity contribution in [2.45, 2.75) is 5.01 Å². The number of carbonyl (C=O) groups excluding carboxylic acids is 1. The van der Waals surface area contributed by atoms with Crippen LogP contribution in [0.2, 0.25) is 0 Å². The molecule has 126 valence electrons. The van der Waals surface area contributed by atoms with E-state index in [0.717, 1.165) is 17.9 Å². The lowest BCUT2D eigenvalue weighted by Gasteiger charge is -2.16. The van der Waals surface area contributed by atoms with Crippen LogP contribution in [0.1, 0.15) is 31.3 Å². The maximum atomic E-state index is 12.2. The molecule has 0 heterocycles. The molecule has 0 aliphatic heterocycles. The van der Waals surface area contributed by atoms with E-state index in [1.165, 1.54) is 24.3 Å². The Morgan fingerprint density at radius 1 is 0.917 bits per heavy atom. The van der Waals surface area contributed by atoms with E-state index in [4.69, 9.17) is 9.84 Å². The van der Waals surface area contributed by atoms with Gasteiger partial charge in [0, 0.05) is 23.5 Å². The highest BCUT2D eigenvalue weighted by molar-refractivity contribution is 9.15. The molecule has 1 atom stereocenters. The molecule has 2 aromatic rings. The van der Waals surface area contributed by atoms with Crippen molar-refractivity contribution in [3.63, 3.8) is 0 Å². The Morgan fingerprint density at radius 2 is 1.46 bits per heavy atom. The summed E-state index contributed by atoms with van der Waals surface area (Å²) < 4.78 is 8.52. The van der Waals surface area contributed by atoms with Crippen molar-refractivity contribution in [3.05, 3.63) is 64.9 Å². The van der Waals surface area contributed by atoms with Gasteiger partial charge in [-0.05, 0) is 110 Å². The minimum absolute atomic E-state index is 0.102. The van der Waals surface area contributed by atoms with Gasteiger partial charge in [0.15, 0.2) is 5.01 Å². The van der Waals surface area contributed by atoms with Gasteiger partial charge in [0.2, 0.25) is 0 Å². The highest BCUT2D eigenvalue weighted by atomic mass is 79.9. The number of aromatic carboxylic acids is 1. The maximum absolute atomic E-state index is 12.2. The number of alkyl halides is 1. The fraction of sp³-hybridized carbons (Fsp3) is 0.0667. The summed E-state index contributed by atoms with van der Waals surface area (Å²) in [5.74, 6) is -1.63. The second kappa shape index (κ2) is 8.44. The third-order valence-electron chi connectivity index (χ3n) is 2.95. The van der Waals surface area contributed by atoms with Crippen LogP contribution in [0.4, 0.5) is 0 Å². The minimum Gasteiger partial charge on any atom is -0.478 e. The molecule has 0 fully saturated rings. The van der Waals surface area contributed by atoms with Gasteiger partial charge in [-0.3, -0.25) is 0 Å². The van der Waals surface area contributed by atoms with E-state index in [0.29, 0.717) is 5.56 Å². The summed E-state index contributed by atoms with van der Waals surface area (Å²) in [4.78, 5) is 23.0. The Bertz CT molecular complexity index is 805. The van der Waals surface area contributed by atoms with E-state index in [2.05, 4.69) is 79.6 Å². The normalized spacial score (nSPS) is 11.9. The van der Waals surface area contributed by atoms with E-state index in [1.807, 2.05) is 0 Å². The van der Waals surface area contributed by atoms with Crippen molar-refractivity contribution in [2.75, 3.05) is 0 Å². The lowest BCUT2D eigenvalue weighted by molar-refractivity contribution is 0.0465. The van der Waals surface area contributed by atoms with E-state index >= 15 is 0 Å². The molecule has 4 nitrogen and oxygen atoms in total. The van der Waals surface area contributed by atoms with E-state index in [-0.39, 0.29) is 11.1 Å². The smallest absolute Gasteiger partial charge is 0.339 e. The molecular formula is C15H7Br5O4. The van der Waals surface area contributed by atoms with Crippen molar-refractivity contribution >= 4 is 91.6 Å². The number of halogens is 5. The van der Waals surface area contributed by atoms with Gasteiger partial charge in [0.25, 0.3) is 0 Å². The summed E-state index contributed by atoms with van der Waals surface area (Å²) in [5.41, 5.74) is 1.06. The van der Waals surface area contributed by atoms with Gasteiger partial charge in [-0.1, -0.05) is 0 Å². The molecule has 2 rings (SSSR count). The first-order valence-electron chi connectivity index (χ1n) is 6.23. The second-order valence-corrected chi connectivity index (χ2v) is 8.56. The van der Waals surface area contributed by atoms with Crippen LogP contribution in [0.3, 0.4) is 0 Å². The maximum Gasteiger partial charge on any atom is 0.339 e. The number of hydrogen-bond donors (Lipinski definition) is 1. The van der Waals surface area contributed by atoms with Crippen LogP contribution >= 0.6 is 79.6 Å². The fourth-order valence-corrected chi connectivity index (χ4v) is 4.82. The van der Waals surface area contributed by atoms with Crippen molar-refractivity contribution in [3.8, 4) is 0 Å². The van der Waals surface area contributed by atoms with Crippen LogP contribution in [0.25, 0.3) is 0 Å². The summed E-state index contributed by atoms with van der Waals surface area (Å²) >= 11 is 17.1. The lowest BCUT2D eigenvalue weighted by Crippen LogP contribution is -2.09. The molecule has 0 radical (unpaired) electrons. The Kier molecular flexibility index (Phi) is 7.07. The van der Waals surface area contributed by atoms with Gasteiger partial charge < -0.3 is 9.84 Å². The second-order valence-electron chi connectivity index (χ2n) is 4.49. The largest absolute Gasteiger partial charge is 0.478 e. The molecule has 1 unspecified atom stereocenters. The Labute approximate surface area is 179 Å². The van der Waals surface area contributed by atoms with Crippen molar-refractivity contribution in [2.24, 2.45) is 0 Å². The first-order valence-corrected chi connectivity index (χ1v) is 10.3. The zero-order valence-electron chi connectivity index (χ0n) is 11.5. The summed E-state index contributed by atoms with van der Waals surface area (Å²) in [7, 11) is 0. The first-order chi connectivity index (χ1) is 11.2. The molecule has 24 heavy (non-hydrogen) atoms. The van der Waals surface area contributed by atoms with Crippen molar-refractivity contribution in [1.82, 2.24) is 0 Å². The molecule has 0 saturated carbocycles. The molecule has 0 aromatic heterocycles. The topological polar surface area (TPSA) is 63.6 Å². The molecule has 1 N–H and O–H groups in total. The lowest BCUT2D eigenvalue weighted by atomic mass is 10.1. The van der Waals surface area contributed by atoms with Crippen LogP contribution in [-0.2, 0) is 4.74 Å². The van der Waals surface area contributed by atoms with Crippen LogP contribution in [0, 0.1) is 0 Å². The summed E-state index contributed by atoms with van der Waals surface area (Å²) in [5, 5.41) is 8.18. The molecule has 0 aliphatic carbocycles. The number of ether oxygens (including phenoxy) is 1. The number of carboxylic acid groups (broad SMARTS) is 1. The van der Waals surface area contributed by atoms with E-state index < -0.39 is 17.0 Å². The minimum atomic E-state index is -1.05. The third kappa shape index (κ3) is 4.49. The zero-order chi connectivity index (χ0) is 18.0. The number of carbonyl (C=O) groups is 2. The SMILES string of the molecule is O=C(O)c1ccc(C(=O)OC(Br)c2cc(Br)c(Br)c(Br)c2Br)cc1. The van der Waals surface area contributed by atoms with Gasteiger partial charge >= 0.3 is 11.9 Å². The Morgan fingerprint density at radius 3 is 2.00 bits per heavy atom. The van der Waals surface area contributed by atoms with Crippen LogP contribution in [-0.4, -0.2) is 17.0 Å². The number of esters is 1. The van der Waals surface area contributed by atoms with Gasteiger partial charge in [-0.25, -0.2) is 9.59 Å². The van der Waals surface area contributed by atoms with E-state index in [1.54, 1.807) is 6.07 Å². The highest BCUT2D eigenvalue weighted by Gasteiger charge is 2.21. The predicted octanol–water partition coefficient (Wildman–Crippen LogP) is 6.69. The predicted molar refractivity (Wildman–Crippen MR) is 108 cm³/mol. The van der Waals surface area contributed by atoms with E-state index in [9.17, 15) is 9.59 Å². The van der Waals surface area contributed by atoms with Gasteiger partial charge in [-0.2, -0.15) is 0 Å². The molecule has 0 bridgehead atoms. The van der Waals surface area contributed by atoms with Gasteiger partial charge in [0.1, 0.15) is 0 Å². The molecular weight excluding hydrogens is 644 g/mol. The third-order valence-corrected chi connectivity index (χ3v) is 8.33. The Hall–Kier alpha value is -0.220. The molecule has 0 amide bonds. The monoisotopic (exact) mass is 646 g/mol.